The molecule has 1 fully saturated rings. The Labute approximate surface area is 124 Å². The van der Waals surface area contributed by atoms with Gasteiger partial charge in [0, 0.05) is 13.3 Å². The van der Waals surface area contributed by atoms with Crippen LogP contribution in [0.4, 0.5) is 0 Å². The molecule has 1 saturated carbocycles. The van der Waals surface area contributed by atoms with Crippen LogP contribution in [-0.2, 0) is 4.74 Å². The molecular weight excluding hydrogens is 272 g/mol. The van der Waals surface area contributed by atoms with Gasteiger partial charge in [0.1, 0.15) is 11.7 Å². The van der Waals surface area contributed by atoms with Crippen LogP contribution >= 0.6 is 0 Å². The van der Waals surface area contributed by atoms with Crippen molar-refractivity contribution < 1.29 is 19.4 Å². The van der Waals surface area contributed by atoms with E-state index in [1.54, 1.807) is 25.4 Å². The van der Waals surface area contributed by atoms with Gasteiger partial charge in [-0.3, -0.25) is 4.79 Å². The number of aliphatic hydroxyl groups excluding tert-OH is 1. The van der Waals surface area contributed by atoms with E-state index in [2.05, 4.69) is 10.3 Å². The fourth-order valence-electron chi connectivity index (χ4n) is 2.70. The number of carbonyl (C=O) groups excluding carboxylic acids is 1. The Morgan fingerprint density at radius 3 is 2.86 bits per heavy atom. The highest BCUT2D eigenvalue weighted by atomic mass is 16.5. The predicted molar refractivity (Wildman–Crippen MR) is 77.3 cm³/mol. The summed E-state index contributed by atoms with van der Waals surface area (Å²) in [5.41, 5.74) is 0.366. The lowest BCUT2D eigenvalue weighted by Gasteiger charge is -2.27. The molecule has 21 heavy (non-hydrogen) atoms. The number of carbonyl (C=O) groups is 1. The van der Waals surface area contributed by atoms with Crippen LogP contribution in [0, 0.1) is 0 Å². The lowest BCUT2D eigenvalue weighted by Crippen LogP contribution is -2.48. The summed E-state index contributed by atoms with van der Waals surface area (Å²) in [4.78, 5) is 16.4. The van der Waals surface area contributed by atoms with Gasteiger partial charge in [-0.1, -0.05) is 12.8 Å². The van der Waals surface area contributed by atoms with Crippen LogP contribution in [0.5, 0.6) is 5.88 Å². The minimum atomic E-state index is -0.705. The lowest BCUT2D eigenvalue weighted by atomic mass is 10.0. The molecule has 6 heteroatoms. The number of nitrogens with one attached hydrogen (secondary N) is 1. The van der Waals surface area contributed by atoms with E-state index >= 15 is 0 Å². The van der Waals surface area contributed by atoms with Crippen molar-refractivity contribution in [1.82, 2.24) is 10.3 Å². The number of nitrogens with zero attached hydrogens (tertiary/aromatic N) is 1. The Kier molecular flexibility index (Phi) is 5.52. The Morgan fingerprint density at radius 1 is 1.38 bits per heavy atom. The zero-order valence-corrected chi connectivity index (χ0v) is 12.4. The van der Waals surface area contributed by atoms with Gasteiger partial charge in [0.2, 0.25) is 5.88 Å². The molecule has 116 valence electrons. The van der Waals surface area contributed by atoms with Gasteiger partial charge in [0.05, 0.1) is 19.3 Å². The molecule has 2 N–H and O–H groups in total. The minimum Gasteiger partial charge on any atom is -0.480 e. The molecule has 0 bridgehead atoms. The minimum absolute atomic E-state index is 0.242. The molecule has 0 aromatic carbocycles. The molecule has 1 aliphatic rings. The van der Waals surface area contributed by atoms with Crippen molar-refractivity contribution in [3.8, 4) is 5.88 Å². The third-order valence-electron chi connectivity index (χ3n) is 3.88. The molecule has 0 saturated heterocycles. The maximum atomic E-state index is 12.4. The standard InChI is InChI=1S/C15H22N2O4/c1-20-12-8-4-3-7-11(13(12)18)17-14(19)10-6-5-9-16-15(10)21-2/h5-6,9,11-13,18H,3-4,7-8H2,1-2H3,(H,17,19)/t11-,12-,13-/m1/s1. The van der Waals surface area contributed by atoms with E-state index in [1.165, 1.54) is 7.11 Å². The summed E-state index contributed by atoms with van der Waals surface area (Å²) in [6.07, 6.45) is 4.09. The van der Waals surface area contributed by atoms with Crippen LogP contribution in [-0.4, -0.2) is 48.5 Å². The van der Waals surface area contributed by atoms with Crippen LogP contribution < -0.4 is 10.1 Å². The molecule has 1 aromatic rings. The Hall–Kier alpha value is -1.66. The molecule has 1 aromatic heterocycles. The van der Waals surface area contributed by atoms with Crippen molar-refractivity contribution in [2.75, 3.05) is 14.2 Å². The van der Waals surface area contributed by atoms with Crippen LogP contribution in [0.25, 0.3) is 0 Å². The summed E-state index contributed by atoms with van der Waals surface area (Å²) in [5, 5.41) is 13.2. The van der Waals surface area contributed by atoms with Crippen LogP contribution in [0.2, 0.25) is 0 Å². The van der Waals surface area contributed by atoms with E-state index in [9.17, 15) is 9.90 Å². The van der Waals surface area contributed by atoms with Crippen molar-refractivity contribution in [2.45, 2.75) is 43.9 Å². The van der Waals surface area contributed by atoms with E-state index in [1.807, 2.05) is 0 Å². The first kappa shape index (κ1) is 15.7. The fourth-order valence-corrected chi connectivity index (χ4v) is 2.70. The summed E-state index contributed by atoms with van der Waals surface area (Å²) in [7, 11) is 3.06. The molecule has 3 atom stereocenters. The monoisotopic (exact) mass is 294 g/mol. The zero-order valence-electron chi connectivity index (χ0n) is 12.4. The predicted octanol–water partition coefficient (Wildman–Crippen LogP) is 1.14. The second-order valence-electron chi connectivity index (χ2n) is 5.19. The lowest BCUT2D eigenvalue weighted by molar-refractivity contribution is -0.0277. The third kappa shape index (κ3) is 3.71. The summed E-state index contributed by atoms with van der Waals surface area (Å²) in [6, 6.07) is 3.01. The largest absolute Gasteiger partial charge is 0.480 e. The van der Waals surface area contributed by atoms with Gasteiger partial charge in [-0.25, -0.2) is 4.98 Å². The van der Waals surface area contributed by atoms with Gasteiger partial charge in [0.15, 0.2) is 0 Å². The number of aliphatic hydroxyl groups is 1. The Morgan fingerprint density at radius 2 is 2.14 bits per heavy atom. The normalized spacial score (nSPS) is 26.0. The highest BCUT2D eigenvalue weighted by Crippen LogP contribution is 2.22. The van der Waals surface area contributed by atoms with Crippen molar-refractivity contribution in [2.24, 2.45) is 0 Å². The summed E-state index contributed by atoms with van der Waals surface area (Å²) >= 11 is 0. The van der Waals surface area contributed by atoms with Crippen LogP contribution in [0.1, 0.15) is 36.0 Å². The fraction of sp³-hybridized carbons (Fsp3) is 0.600. The van der Waals surface area contributed by atoms with E-state index < -0.39 is 6.10 Å². The second kappa shape index (κ2) is 7.38. The molecule has 1 aliphatic carbocycles. The first-order chi connectivity index (χ1) is 10.2. The number of ether oxygens (including phenoxy) is 2. The zero-order chi connectivity index (χ0) is 15.2. The first-order valence-corrected chi connectivity index (χ1v) is 7.18. The molecule has 0 radical (unpaired) electrons. The molecule has 1 amide bonds. The number of rotatable bonds is 4. The van der Waals surface area contributed by atoms with Crippen LogP contribution in [0.3, 0.4) is 0 Å². The molecule has 0 spiro atoms. The highest BCUT2D eigenvalue weighted by Gasteiger charge is 2.31. The van der Waals surface area contributed by atoms with Gasteiger partial charge >= 0.3 is 0 Å². The smallest absolute Gasteiger partial charge is 0.257 e. The summed E-state index contributed by atoms with van der Waals surface area (Å²) < 4.78 is 10.4. The maximum Gasteiger partial charge on any atom is 0.257 e. The number of methoxy groups -OCH3 is 2. The second-order valence-corrected chi connectivity index (χ2v) is 5.19. The van der Waals surface area contributed by atoms with Gasteiger partial charge in [0.25, 0.3) is 5.91 Å². The van der Waals surface area contributed by atoms with Gasteiger partial charge in [-0.2, -0.15) is 0 Å². The number of hydrogen-bond acceptors (Lipinski definition) is 5. The van der Waals surface area contributed by atoms with E-state index in [0.717, 1.165) is 25.7 Å². The van der Waals surface area contributed by atoms with Gasteiger partial charge in [-0.05, 0) is 25.0 Å². The summed E-state index contributed by atoms with van der Waals surface area (Å²) in [6.45, 7) is 0. The average molecular weight is 294 g/mol. The molecule has 0 unspecified atom stereocenters. The van der Waals surface area contributed by atoms with Gasteiger partial charge in [-0.15, -0.1) is 0 Å². The number of aromatic nitrogens is 1. The number of amides is 1. The van der Waals surface area contributed by atoms with Crippen molar-refractivity contribution >= 4 is 5.91 Å². The Bertz CT molecular complexity index is 480. The third-order valence-corrected chi connectivity index (χ3v) is 3.88. The Balaban J connectivity index is 2.10. The van der Waals surface area contributed by atoms with Gasteiger partial charge < -0.3 is 19.9 Å². The first-order valence-electron chi connectivity index (χ1n) is 7.18. The molecule has 0 aliphatic heterocycles. The molecule has 6 nitrogen and oxygen atoms in total. The topological polar surface area (TPSA) is 80.7 Å². The number of pyridine rings is 1. The molecule has 1 heterocycles. The quantitative estimate of drug-likeness (QED) is 0.814. The van der Waals surface area contributed by atoms with Crippen molar-refractivity contribution in [1.29, 1.82) is 0 Å². The average Bonchev–Trinajstić information content (AvgIpc) is 2.69. The maximum absolute atomic E-state index is 12.4. The highest BCUT2D eigenvalue weighted by molar-refractivity contribution is 5.96. The number of hydrogen-bond donors (Lipinski definition) is 2. The van der Waals surface area contributed by atoms with E-state index in [0.29, 0.717) is 5.56 Å². The van der Waals surface area contributed by atoms with E-state index in [4.69, 9.17) is 9.47 Å². The molecular formula is C15H22N2O4. The summed E-state index contributed by atoms with van der Waals surface area (Å²) in [5.74, 6) is -0.0119. The SMILES string of the molecule is COc1ncccc1C(=O)N[C@@H]1CCCC[C@@H](OC)[C@@H]1O. The molecule has 2 rings (SSSR count). The van der Waals surface area contributed by atoms with Crippen molar-refractivity contribution in [3.05, 3.63) is 23.9 Å². The van der Waals surface area contributed by atoms with Crippen molar-refractivity contribution in [3.63, 3.8) is 0 Å². The van der Waals surface area contributed by atoms with E-state index in [-0.39, 0.29) is 23.9 Å². The van der Waals surface area contributed by atoms with Crippen LogP contribution in [0.15, 0.2) is 18.3 Å².